The Labute approximate surface area is 158 Å². The van der Waals surface area contributed by atoms with E-state index in [0.29, 0.717) is 11.1 Å². The van der Waals surface area contributed by atoms with Crippen molar-refractivity contribution in [3.8, 4) is 10.6 Å². The molecule has 2 heterocycles. The van der Waals surface area contributed by atoms with Gasteiger partial charge in [0.25, 0.3) is 0 Å². The normalized spacial score (nSPS) is 11.0. The third kappa shape index (κ3) is 3.83. The van der Waals surface area contributed by atoms with Crippen LogP contribution in [-0.4, -0.2) is 15.5 Å². The van der Waals surface area contributed by atoms with Crippen LogP contribution in [0, 0.1) is 0 Å². The molecule has 0 spiro atoms. The second-order valence-electron chi connectivity index (χ2n) is 5.90. The van der Waals surface area contributed by atoms with Crippen molar-refractivity contribution in [1.29, 1.82) is 0 Å². The van der Waals surface area contributed by atoms with Gasteiger partial charge in [-0.05, 0) is 12.1 Å². The number of hydrogen-bond acceptors (Lipinski definition) is 6. The van der Waals surface area contributed by atoms with Crippen LogP contribution in [0.3, 0.4) is 0 Å². The number of carbonyl (C=O) groups is 1. The van der Waals surface area contributed by atoms with Crippen molar-refractivity contribution in [3.63, 3.8) is 0 Å². The lowest BCUT2D eigenvalue weighted by atomic mass is 10.2. The molecule has 0 radical (unpaired) electrons. The SMILES string of the molecule is O=C(CCn1c(=O)oc2ccccc21)OCc1cnc(-c2ccccc2)s1. The Morgan fingerprint density at radius 3 is 2.74 bits per heavy atom. The van der Waals surface area contributed by atoms with Gasteiger partial charge in [0.15, 0.2) is 5.58 Å². The lowest BCUT2D eigenvalue weighted by Gasteiger charge is -2.04. The summed E-state index contributed by atoms with van der Waals surface area (Å²) in [6, 6.07) is 17.0. The molecule has 0 aliphatic carbocycles. The molecular formula is C20H16N2O4S. The number of aromatic nitrogens is 2. The van der Waals surface area contributed by atoms with Gasteiger partial charge < -0.3 is 9.15 Å². The highest BCUT2D eigenvalue weighted by molar-refractivity contribution is 7.15. The Kier molecular flexibility index (Phi) is 4.84. The van der Waals surface area contributed by atoms with Crippen molar-refractivity contribution < 1.29 is 13.9 Å². The van der Waals surface area contributed by atoms with Crippen LogP contribution in [0.25, 0.3) is 21.7 Å². The van der Waals surface area contributed by atoms with Crippen LogP contribution in [0.4, 0.5) is 0 Å². The molecule has 0 fully saturated rings. The number of nitrogens with zero attached hydrogens (tertiary/aromatic N) is 2. The van der Waals surface area contributed by atoms with Crippen LogP contribution in [0.2, 0.25) is 0 Å². The first kappa shape index (κ1) is 17.2. The van der Waals surface area contributed by atoms with Crippen LogP contribution in [0.5, 0.6) is 0 Å². The Hall–Kier alpha value is -3.19. The molecule has 27 heavy (non-hydrogen) atoms. The monoisotopic (exact) mass is 380 g/mol. The molecule has 2 aromatic carbocycles. The largest absolute Gasteiger partial charge is 0.460 e. The van der Waals surface area contributed by atoms with E-state index in [2.05, 4.69) is 4.98 Å². The molecule has 0 saturated heterocycles. The van der Waals surface area contributed by atoms with Gasteiger partial charge in [0.05, 0.1) is 16.8 Å². The first-order chi connectivity index (χ1) is 13.2. The molecule has 0 saturated carbocycles. The summed E-state index contributed by atoms with van der Waals surface area (Å²) in [4.78, 5) is 29.2. The van der Waals surface area contributed by atoms with E-state index in [4.69, 9.17) is 9.15 Å². The topological polar surface area (TPSA) is 74.3 Å². The minimum absolute atomic E-state index is 0.0911. The molecule has 0 N–H and O–H groups in total. The number of carbonyl (C=O) groups excluding carboxylic acids is 1. The Bertz CT molecular complexity index is 1130. The summed E-state index contributed by atoms with van der Waals surface area (Å²) in [5.41, 5.74) is 2.21. The van der Waals surface area contributed by atoms with E-state index in [1.807, 2.05) is 36.4 Å². The van der Waals surface area contributed by atoms with Crippen LogP contribution in [0.15, 0.2) is 70.0 Å². The highest BCUT2D eigenvalue weighted by Crippen LogP contribution is 2.25. The van der Waals surface area contributed by atoms with Crippen molar-refractivity contribution in [2.75, 3.05) is 0 Å². The van der Waals surface area contributed by atoms with Gasteiger partial charge in [-0.25, -0.2) is 9.78 Å². The Morgan fingerprint density at radius 2 is 1.89 bits per heavy atom. The zero-order chi connectivity index (χ0) is 18.6. The fourth-order valence-electron chi connectivity index (χ4n) is 2.74. The molecule has 6 nitrogen and oxygen atoms in total. The van der Waals surface area contributed by atoms with Crippen molar-refractivity contribution in [3.05, 3.63) is 76.2 Å². The van der Waals surface area contributed by atoms with E-state index >= 15 is 0 Å². The number of thiazole rings is 1. The van der Waals surface area contributed by atoms with Crippen molar-refractivity contribution in [2.45, 2.75) is 19.6 Å². The molecule has 4 aromatic rings. The lowest BCUT2D eigenvalue weighted by Crippen LogP contribution is -2.17. The van der Waals surface area contributed by atoms with Gasteiger partial charge in [-0.3, -0.25) is 9.36 Å². The van der Waals surface area contributed by atoms with Crippen molar-refractivity contribution in [1.82, 2.24) is 9.55 Å². The molecule has 0 atom stereocenters. The maximum Gasteiger partial charge on any atom is 0.419 e. The third-order valence-corrected chi connectivity index (χ3v) is 5.08. The van der Waals surface area contributed by atoms with Gasteiger partial charge in [-0.15, -0.1) is 11.3 Å². The van der Waals surface area contributed by atoms with Crippen molar-refractivity contribution >= 4 is 28.4 Å². The quantitative estimate of drug-likeness (QED) is 0.475. The average molecular weight is 380 g/mol. The molecule has 0 aliphatic heterocycles. The maximum absolute atomic E-state index is 12.1. The number of esters is 1. The van der Waals surface area contributed by atoms with Gasteiger partial charge >= 0.3 is 11.7 Å². The van der Waals surface area contributed by atoms with Gasteiger partial charge in [0, 0.05) is 18.3 Å². The van der Waals surface area contributed by atoms with Crippen molar-refractivity contribution in [2.24, 2.45) is 0 Å². The zero-order valence-electron chi connectivity index (χ0n) is 14.3. The molecule has 2 aromatic heterocycles. The van der Waals surface area contributed by atoms with Crippen LogP contribution in [-0.2, 0) is 22.7 Å². The summed E-state index contributed by atoms with van der Waals surface area (Å²) in [7, 11) is 0. The molecular weight excluding hydrogens is 364 g/mol. The van der Waals surface area contributed by atoms with E-state index < -0.39 is 5.76 Å². The van der Waals surface area contributed by atoms with E-state index in [1.165, 1.54) is 15.9 Å². The number of benzene rings is 2. The smallest absolute Gasteiger partial charge is 0.419 e. The Balaban J connectivity index is 1.34. The van der Waals surface area contributed by atoms with Gasteiger partial charge in [0.2, 0.25) is 0 Å². The summed E-state index contributed by atoms with van der Waals surface area (Å²) in [5.74, 6) is -0.846. The minimum atomic E-state index is -0.473. The van der Waals surface area contributed by atoms with E-state index in [0.717, 1.165) is 15.4 Å². The predicted octanol–water partition coefficient (Wildman–Crippen LogP) is 3.85. The number of fused-ring (bicyclic) bond motifs is 1. The zero-order valence-corrected chi connectivity index (χ0v) is 15.1. The number of ether oxygens (including phenoxy) is 1. The molecule has 0 amide bonds. The molecule has 0 unspecified atom stereocenters. The van der Waals surface area contributed by atoms with Gasteiger partial charge in [-0.2, -0.15) is 0 Å². The second kappa shape index (κ2) is 7.59. The van der Waals surface area contributed by atoms with Crippen LogP contribution in [0.1, 0.15) is 11.3 Å². The number of oxazole rings is 1. The number of rotatable bonds is 6. The molecule has 7 heteroatoms. The third-order valence-electron chi connectivity index (χ3n) is 4.06. The summed E-state index contributed by atoms with van der Waals surface area (Å²) in [5, 5.41) is 0.887. The summed E-state index contributed by atoms with van der Waals surface area (Å²) in [6.45, 7) is 0.386. The summed E-state index contributed by atoms with van der Waals surface area (Å²) >= 11 is 1.49. The standard InChI is InChI=1S/C20H16N2O4S/c23-18(10-11-22-16-8-4-5-9-17(16)26-20(22)24)25-13-15-12-21-19(27-15)14-6-2-1-3-7-14/h1-9,12H,10-11,13H2. The highest BCUT2D eigenvalue weighted by atomic mass is 32.1. The fraction of sp³-hybridized carbons (Fsp3) is 0.150. The van der Waals surface area contributed by atoms with Crippen LogP contribution >= 0.6 is 11.3 Å². The van der Waals surface area contributed by atoms with E-state index in [-0.39, 0.29) is 25.5 Å². The number of aryl methyl sites for hydroxylation is 1. The summed E-state index contributed by atoms with van der Waals surface area (Å²) < 4.78 is 11.9. The lowest BCUT2D eigenvalue weighted by molar-refractivity contribution is -0.145. The predicted molar refractivity (Wildman–Crippen MR) is 102 cm³/mol. The van der Waals surface area contributed by atoms with E-state index in [1.54, 1.807) is 24.4 Å². The molecule has 0 aliphatic rings. The second-order valence-corrected chi connectivity index (χ2v) is 7.01. The molecule has 4 rings (SSSR count). The summed E-state index contributed by atoms with van der Waals surface area (Å²) in [6.07, 6.45) is 1.81. The van der Waals surface area contributed by atoms with Crippen LogP contribution < -0.4 is 5.76 Å². The number of para-hydroxylation sites is 2. The number of hydrogen-bond donors (Lipinski definition) is 0. The van der Waals surface area contributed by atoms with Gasteiger partial charge in [-0.1, -0.05) is 42.5 Å². The van der Waals surface area contributed by atoms with E-state index in [9.17, 15) is 9.59 Å². The maximum atomic E-state index is 12.1. The average Bonchev–Trinajstić information content (AvgIpc) is 3.29. The highest BCUT2D eigenvalue weighted by Gasteiger charge is 2.12. The first-order valence-corrected chi connectivity index (χ1v) is 9.26. The Morgan fingerprint density at radius 1 is 1.11 bits per heavy atom. The minimum Gasteiger partial charge on any atom is -0.460 e. The molecule has 0 bridgehead atoms. The van der Waals surface area contributed by atoms with Gasteiger partial charge in [0.1, 0.15) is 11.6 Å². The first-order valence-electron chi connectivity index (χ1n) is 8.45. The fourth-order valence-corrected chi connectivity index (χ4v) is 3.57. The molecule has 136 valence electrons.